The van der Waals surface area contributed by atoms with Crippen LogP contribution in [0.1, 0.15) is 23.2 Å². The fourth-order valence-corrected chi connectivity index (χ4v) is 2.83. The minimum absolute atomic E-state index is 0.0632. The van der Waals surface area contributed by atoms with E-state index in [0.717, 1.165) is 12.8 Å². The summed E-state index contributed by atoms with van der Waals surface area (Å²) in [5, 5.41) is 13.6. The van der Waals surface area contributed by atoms with Crippen LogP contribution in [0.5, 0.6) is 0 Å². The Balaban J connectivity index is 1.47. The number of pyridine rings is 1. The van der Waals surface area contributed by atoms with Gasteiger partial charge in [0.05, 0.1) is 5.56 Å². The van der Waals surface area contributed by atoms with E-state index in [-0.39, 0.29) is 18.0 Å². The van der Waals surface area contributed by atoms with Gasteiger partial charge in [-0.2, -0.15) is 0 Å². The van der Waals surface area contributed by atoms with Gasteiger partial charge in [0, 0.05) is 31.5 Å². The SMILES string of the molecule is O=C(NC1CCN(C(=O)Nc2nncs2)CC1)c1cccnc1. The summed E-state index contributed by atoms with van der Waals surface area (Å²) in [4.78, 5) is 29.8. The van der Waals surface area contributed by atoms with Crippen molar-refractivity contribution in [1.82, 2.24) is 25.4 Å². The van der Waals surface area contributed by atoms with Crippen molar-refractivity contribution in [1.29, 1.82) is 0 Å². The summed E-state index contributed by atoms with van der Waals surface area (Å²) < 4.78 is 0. The van der Waals surface area contributed by atoms with E-state index in [4.69, 9.17) is 0 Å². The molecular weight excluding hydrogens is 316 g/mol. The first kappa shape index (κ1) is 15.3. The van der Waals surface area contributed by atoms with Crippen molar-refractivity contribution in [2.24, 2.45) is 0 Å². The average molecular weight is 332 g/mol. The number of aromatic nitrogens is 3. The highest BCUT2D eigenvalue weighted by atomic mass is 32.1. The van der Waals surface area contributed by atoms with Gasteiger partial charge in [0.2, 0.25) is 5.13 Å². The van der Waals surface area contributed by atoms with E-state index in [1.54, 1.807) is 34.9 Å². The Kier molecular flexibility index (Phi) is 4.77. The second-order valence-electron chi connectivity index (χ2n) is 5.15. The maximum atomic E-state index is 12.1. The minimum Gasteiger partial charge on any atom is -0.349 e. The molecule has 0 aromatic carbocycles. The lowest BCUT2D eigenvalue weighted by molar-refractivity contribution is 0.0919. The summed E-state index contributed by atoms with van der Waals surface area (Å²) in [7, 11) is 0. The van der Waals surface area contributed by atoms with Crippen molar-refractivity contribution in [3.63, 3.8) is 0 Å². The van der Waals surface area contributed by atoms with Crippen LogP contribution in [-0.4, -0.2) is 51.2 Å². The highest BCUT2D eigenvalue weighted by Crippen LogP contribution is 2.14. The monoisotopic (exact) mass is 332 g/mol. The highest BCUT2D eigenvalue weighted by Gasteiger charge is 2.24. The molecule has 3 rings (SSSR count). The Labute approximate surface area is 136 Å². The number of nitrogens with one attached hydrogen (secondary N) is 2. The van der Waals surface area contributed by atoms with Gasteiger partial charge in [0.1, 0.15) is 5.51 Å². The van der Waals surface area contributed by atoms with Gasteiger partial charge in [-0.1, -0.05) is 11.3 Å². The number of amides is 3. The van der Waals surface area contributed by atoms with Crippen LogP contribution in [0.2, 0.25) is 0 Å². The topological polar surface area (TPSA) is 100 Å². The van der Waals surface area contributed by atoms with E-state index >= 15 is 0 Å². The van der Waals surface area contributed by atoms with E-state index in [1.807, 2.05) is 0 Å². The normalized spacial score (nSPS) is 15.2. The van der Waals surface area contributed by atoms with Gasteiger partial charge in [-0.05, 0) is 25.0 Å². The molecule has 0 saturated carbocycles. The maximum Gasteiger partial charge on any atom is 0.323 e. The first-order chi connectivity index (χ1) is 11.2. The number of urea groups is 1. The molecule has 0 atom stereocenters. The Morgan fingerprint density at radius 1 is 1.30 bits per heavy atom. The molecule has 0 spiro atoms. The second kappa shape index (κ2) is 7.14. The van der Waals surface area contributed by atoms with Crippen molar-refractivity contribution in [2.45, 2.75) is 18.9 Å². The number of rotatable bonds is 3. The zero-order chi connectivity index (χ0) is 16.1. The van der Waals surface area contributed by atoms with Gasteiger partial charge < -0.3 is 10.2 Å². The van der Waals surface area contributed by atoms with E-state index in [9.17, 15) is 9.59 Å². The number of nitrogens with zero attached hydrogens (tertiary/aromatic N) is 4. The molecule has 0 radical (unpaired) electrons. The van der Waals surface area contributed by atoms with Crippen LogP contribution in [0.25, 0.3) is 0 Å². The molecule has 1 saturated heterocycles. The summed E-state index contributed by atoms with van der Waals surface area (Å²) in [6.45, 7) is 1.17. The van der Waals surface area contributed by atoms with Gasteiger partial charge in [0.25, 0.3) is 5.91 Å². The second-order valence-corrected chi connectivity index (χ2v) is 5.98. The van der Waals surface area contributed by atoms with Crippen molar-refractivity contribution >= 4 is 28.4 Å². The van der Waals surface area contributed by atoms with Crippen molar-refractivity contribution in [3.05, 3.63) is 35.6 Å². The van der Waals surface area contributed by atoms with Gasteiger partial charge in [-0.15, -0.1) is 10.2 Å². The largest absolute Gasteiger partial charge is 0.349 e. The highest BCUT2D eigenvalue weighted by molar-refractivity contribution is 7.13. The maximum absolute atomic E-state index is 12.1. The molecule has 1 aliphatic heterocycles. The molecule has 23 heavy (non-hydrogen) atoms. The zero-order valence-electron chi connectivity index (χ0n) is 12.3. The lowest BCUT2D eigenvalue weighted by atomic mass is 10.0. The summed E-state index contributed by atoms with van der Waals surface area (Å²) >= 11 is 1.28. The predicted molar refractivity (Wildman–Crippen MR) is 85.2 cm³/mol. The van der Waals surface area contributed by atoms with Crippen LogP contribution < -0.4 is 10.6 Å². The summed E-state index contributed by atoms with van der Waals surface area (Å²) in [5.41, 5.74) is 2.11. The third-order valence-corrected chi connectivity index (χ3v) is 4.22. The third-order valence-electron chi connectivity index (χ3n) is 3.62. The van der Waals surface area contributed by atoms with Crippen LogP contribution in [0, 0.1) is 0 Å². The van der Waals surface area contributed by atoms with Crippen LogP contribution in [0.4, 0.5) is 9.93 Å². The molecule has 2 N–H and O–H groups in total. The van der Waals surface area contributed by atoms with Gasteiger partial charge in [-0.3, -0.25) is 15.1 Å². The number of carbonyl (C=O) groups excluding carboxylic acids is 2. The van der Waals surface area contributed by atoms with Crippen LogP contribution in [0.15, 0.2) is 30.0 Å². The molecule has 2 aromatic rings. The smallest absolute Gasteiger partial charge is 0.323 e. The summed E-state index contributed by atoms with van der Waals surface area (Å²) in [5.74, 6) is -0.130. The fourth-order valence-electron chi connectivity index (χ4n) is 2.39. The van der Waals surface area contributed by atoms with Crippen LogP contribution in [0.3, 0.4) is 0 Å². The molecule has 3 amide bonds. The van der Waals surface area contributed by atoms with Crippen molar-refractivity contribution in [3.8, 4) is 0 Å². The number of likely N-dealkylation sites (tertiary alicyclic amines) is 1. The molecule has 9 heteroatoms. The van der Waals surface area contributed by atoms with Gasteiger partial charge in [-0.25, -0.2) is 4.79 Å². The molecule has 2 aromatic heterocycles. The number of anilines is 1. The molecule has 0 aliphatic carbocycles. The molecule has 8 nitrogen and oxygen atoms in total. The van der Waals surface area contributed by atoms with E-state index in [1.165, 1.54) is 11.3 Å². The Morgan fingerprint density at radius 2 is 2.13 bits per heavy atom. The van der Waals surface area contributed by atoms with Crippen molar-refractivity contribution < 1.29 is 9.59 Å². The lowest BCUT2D eigenvalue weighted by Gasteiger charge is -2.32. The van der Waals surface area contributed by atoms with Gasteiger partial charge in [0.15, 0.2) is 0 Å². The lowest BCUT2D eigenvalue weighted by Crippen LogP contribution is -2.47. The zero-order valence-corrected chi connectivity index (χ0v) is 13.1. The minimum atomic E-state index is -0.182. The third kappa shape index (κ3) is 4.01. The van der Waals surface area contributed by atoms with Crippen molar-refractivity contribution in [2.75, 3.05) is 18.4 Å². The number of hydrogen-bond acceptors (Lipinski definition) is 6. The Hall–Kier alpha value is -2.55. The first-order valence-corrected chi connectivity index (χ1v) is 8.13. The molecule has 1 fully saturated rings. The van der Waals surface area contributed by atoms with Crippen LogP contribution >= 0.6 is 11.3 Å². The molecule has 1 aliphatic rings. The standard InChI is InChI=1S/C14H16N6O2S/c21-12(10-2-1-5-15-8-10)17-11-3-6-20(7-4-11)14(22)18-13-19-16-9-23-13/h1-2,5,8-9,11H,3-4,6-7H2,(H,17,21)(H,18,19,22). The number of hydrogen-bond donors (Lipinski definition) is 2. The molecule has 0 bridgehead atoms. The van der Waals surface area contributed by atoms with Crippen LogP contribution in [-0.2, 0) is 0 Å². The predicted octanol–water partition coefficient (Wildman–Crippen LogP) is 1.36. The number of piperidine rings is 1. The summed E-state index contributed by atoms with van der Waals surface area (Å²) in [6, 6.07) is 3.34. The molecule has 0 unspecified atom stereocenters. The first-order valence-electron chi connectivity index (χ1n) is 7.25. The molecular formula is C14H16N6O2S. The Morgan fingerprint density at radius 3 is 2.78 bits per heavy atom. The summed E-state index contributed by atoms with van der Waals surface area (Å²) in [6.07, 6.45) is 4.61. The fraction of sp³-hybridized carbons (Fsp3) is 0.357. The van der Waals surface area contributed by atoms with E-state index in [2.05, 4.69) is 25.8 Å². The van der Waals surface area contributed by atoms with Gasteiger partial charge >= 0.3 is 6.03 Å². The molecule has 3 heterocycles. The quantitative estimate of drug-likeness (QED) is 0.884. The average Bonchev–Trinajstić information content (AvgIpc) is 3.09. The van der Waals surface area contributed by atoms with E-state index in [0.29, 0.717) is 23.8 Å². The Bertz CT molecular complexity index is 655. The molecule has 120 valence electrons. The van der Waals surface area contributed by atoms with E-state index < -0.39 is 0 Å². The number of carbonyl (C=O) groups is 2.